The summed E-state index contributed by atoms with van der Waals surface area (Å²) in [6.45, 7) is 12.4. The maximum absolute atomic E-state index is 12.3. The van der Waals surface area contributed by atoms with E-state index in [1.807, 2.05) is 39.0 Å². The molecular weight excluding hydrogens is 428 g/mol. The van der Waals surface area contributed by atoms with Gasteiger partial charge in [0.1, 0.15) is 11.3 Å². The summed E-state index contributed by atoms with van der Waals surface area (Å²) in [7, 11) is 0. The number of benzene rings is 1. The Hall–Kier alpha value is -3.34. The van der Waals surface area contributed by atoms with Crippen molar-refractivity contribution in [1.82, 2.24) is 0 Å². The first-order valence-electron chi connectivity index (χ1n) is 11.8. The fraction of sp³-hybridized carbons (Fsp3) is 0.407. The van der Waals surface area contributed by atoms with Gasteiger partial charge >= 0.3 is 0 Å². The standard InChI is InChI=1S/C25H28N4O3.C2H6/c1-4-7-8-21-17(5-2)13-14-25(32-21)24(27,16-26)19-15-18(9-10-20(19)28(25)6-3)29-22(30)11-12-23(29)31;1-2/h5,9-10,13-15H,2,6,8,11-12,16,26-27H2,1,3H3;1-2H3. The number of rotatable bonds is 5. The number of amides is 2. The van der Waals surface area contributed by atoms with Crippen LogP contribution in [0.15, 0.2) is 54.3 Å². The van der Waals surface area contributed by atoms with Gasteiger partial charge in [0.25, 0.3) is 0 Å². The Morgan fingerprint density at radius 1 is 1.24 bits per heavy atom. The van der Waals surface area contributed by atoms with Gasteiger partial charge < -0.3 is 21.1 Å². The van der Waals surface area contributed by atoms with Crippen molar-refractivity contribution in [2.24, 2.45) is 11.5 Å². The Kier molecular flexibility index (Phi) is 7.35. The van der Waals surface area contributed by atoms with Crippen molar-refractivity contribution in [3.63, 3.8) is 0 Å². The van der Waals surface area contributed by atoms with Gasteiger partial charge in [-0.1, -0.05) is 32.4 Å². The van der Waals surface area contributed by atoms with Crippen LogP contribution in [0.4, 0.5) is 11.4 Å². The van der Waals surface area contributed by atoms with E-state index in [4.69, 9.17) is 16.2 Å². The van der Waals surface area contributed by atoms with Crippen LogP contribution in [0.2, 0.25) is 0 Å². The van der Waals surface area contributed by atoms with Crippen molar-refractivity contribution in [3.8, 4) is 11.8 Å². The molecule has 0 bridgehead atoms. The van der Waals surface area contributed by atoms with Gasteiger partial charge in [0.2, 0.25) is 17.5 Å². The van der Waals surface area contributed by atoms with Gasteiger partial charge in [-0.05, 0) is 44.2 Å². The lowest BCUT2D eigenvalue weighted by Gasteiger charge is -2.47. The molecule has 3 aliphatic heterocycles. The molecular formula is C27H34N4O3. The topological polar surface area (TPSA) is 102 Å². The number of allylic oxidation sites excluding steroid dienone is 4. The van der Waals surface area contributed by atoms with E-state index in [0.29, 0.717) is 24.4 Å². The molecule has 0 saturated carbocycles. The summed E-state index contributed by atoms with van der Waals surface area (Å²) >= 11 is 0. The van der Waals surface area contributed by atoms with Crippen molar-refractivity contribution in [1.29, 1.82) is 0 Å². The van der Waals surface area contributed by atoms with Gasteiger partial charge in [-0.2, -0.15) is 0 Å². The van der Waals surface area contributed by atoms with Crippen molar-refractivity contribution in [2.45, 2.75) is 58.2 Å². The summed E-state index contributed by atoms with van der Waals surface area (Å²) in [5.74, 6) is 6.22. The van der Waals surface area contributed by atoms with E-state index in [2.05, 4.69) is 23.3 Å². The molecule has 4 N–H and O–H groups in total. The fourth-order valence-electron chi connectivity index (χ4n) is 4.84. The molecule has 0 aromatic heterocycles. The van der Waals surface area contributed by atoms with Crippen LogP contribution in [0.1, 0.15) is 52.5 Å². The monoisotopic (exact) mass is 462 g/mol. The molecule has 3 heterocycles. The molecule has 3 aliphatic rings. The molecule has 34 heavy (non-hydrogen) atoms. The molecule has 1 fully saturated rings. The highest BCUT2D eigenvalue weighted by Gasteiger charge is 2.61. The minimum atomic E-state index is -1.13. The molecule has 4 rings (SSSR count). The number of ether oxygens (including phenoxy) is 1. The Morgan fingerprint density at radius 3 is 2.47 bits per heavy atom. The highest BCUT2D eigenvalue weighted by atomic mass is 16.5. The van der Waals surface area contributed by atoms with Crippen LogP contribution in [0.5, 0.6) is 0 Å². The minimum Gasteiger partial charge on any atom is -0.465 e. The normalized spacial score (nSPS) is 25.0. The minimum absolute atomic E-state index is 0.0857. The third-order valence-corrected chi connectivity index (χ3v) is 6.47. The number of imide groups is 1. The van der Waals surface area contributed by atoms with Gasteiger partial charge in [0.05, 0.1) is 12.1 Å². The number of anilines is 2. The zero-order chi connectivity index (χ0) is 25.1. The predicted octanol–water partition coefficient (Wildman–Crippen LogP) is 3.46. The number of hydrogen-bond donors (Lipinski definition) is 2. The fourth-order valence-corrected chi connectivity index (χ4v) is 4.84. The number of nitrogens with zero attached hydrogens (tertiary/aromatic N) is 2. The molecule has 7 heteroatoms. The molecule has 2 unspecified atom stereocenters. The Bertz CT molecular complexity index is 1110. The number of carbonyl (C=O) groups is 2. The van der Waals surface area contributed by atoms with E-state index in [1.54, 1.807) is 25.1 Å². The molecule has 2 atom stereocenters. The molecule has 1 aromatic carbocycles. The smallest absolute Gasteiger partial charge is 0.234 e. The van der Waals surface area contributed by atoms with Crippen LogP contribution < -0.4 is 21.3 Å². The quantitative estimate of drug-likeness (QED) is 0.513. The van der Waals surface area contributed by atoms with E-state index in [-0.39, 0.29) is 31.2 Å². The van der Waals surface area contributed by atoms with Crippen molar-refractivity contribution in [2.75, 3.05) is 22.9 Å². The molecule has 7 nitrogen and oxygen atoms in total. The van der Waals surface area contributed by atoms with Crippen LogP contribution in [-0.2, 0) is 19.9 Å². The summed E-state index contributed by atoms with van der Waals surface area (Å²) in [4.78, 5) is 27.9. The van der Waals surface area contributed by atoms with E-state index in [9.17, 15) is 9.59 Å². The highest BCUT2D eigenvalue weighted by Crippen LogP contribution is 2.53. The van der Waals surface area contributed by atoms with E-state index >= 15 is 0 Å². The largest absolute Gasteiger partial charge is 0.465 e. The van der Waals surface area contributed by atoms with Gasteiger partial charge in [-0.15, -0.1) is 5.92 Å². The lowest BCUT2D eigenvalue weighted by Crippen LogP contribution is -2.66. The second-order valence-corrected chi connectivity index (χ2v) is 8.06. The molecule has 1 aromatic rings. The third kappa shape index (κ3) is 3.64. The third-order valence-electron chi connectivity index (χ3n) is 6.47. The SMILES string of the molecule is C=CC1=C(CC#CC)OC2(C=C1)N(CC)c1ccc(N3C(=O)CCC3=O)cc1C2(N)CN.CC. The summed E-state index contributed by atoms with van der Waals surface area (Å²) in [6.07, 6.45) is 6.46. The predicted molar refractivity (Wildman–Crippen MR) is 136 cm³/mol. The van der Waals surface area contributed by atoms with E-state index in [1.165, 1.54) is 4.90 Å². The maximum atomic E-state index is 12.3. The average Bonchev–Trinajstić information content (AvgIpc) is 3.30. The van der Waals surface area contributed by atoms with Gasteiger partial charge in [0, 0.05) is 42.8 Å². The van der Waals surface area contributed by atoms with E-state index in [0.717, 1.165) is 16.8 Å². The average molecular weight is 463 g/mol. The maximum Gasteiger partial charge on any atom is 0.234 e. The second-order valence-electron chi connectivity index (χ2n) is 8.06. The number of carbonyl (C=O) groups excluding carboxylic acids is 2. The van der Waals surface area contributed by atoms with Crippen LogP contribution in [0, 0.1) is 11.8 Å². The Labute approximate surface area is 202 Å². The lowest BCUT2D eigenvalue weighted by molar-refractivity contribution is -0.121. The number of likely N-dealkylation sites (N-methyl/N-ethyl adjacent to an activating group) is 1. The molecule has 1 saturated heterocycles. The summed E-state index contributed by atoms with van der Waals surface area (Å²) in [6, 6.07) is 5.46. The first-order valence-corrected chi connectivity index (χ1v) is 11.8. The summed E-state index contributed by atoms with van der Waals surface area (Å²) in [5, 5.41) is 0. The molecule has 0 radical (unpaired) electrons. The van der Waals surface area contributed by atoms with Crippen LogP contribution >= 0.6 is 0 Å². The molecule has 0 aliphatic carbocycles. The Morgan fingerprint density at radius 2 is 1.91 bits per heavy atom. The number of hydrogen-bond acceptors (Lipinski definition) is 6. The first kappa shape index (κ1) is 25.3. The van der Waals surface area contributed by atoms with Crippen molar-refractivity contribution >= 4 is 23.2 Å². The van der Waals surface area contributed by atoms with Gasteiger partial charge in [0.15, 0.2) is 0 Å². The number of fused-ring (bicyclic) bond motifs is 1. The van der Waals surface area contributed by atoms with Crippen LogP contribution in [0.25, 0.3) is 0 Å². The number of nitrogens with two attached hydrogens (primary N) is 2. The molecule has 2 amide bonds. The van der Waals surface area contributed by atoms with Crippen LogP contribution in [0.3, 0.4) is 0 Å². The van der Waals surface area contributed by atoms with Crippen molar-refractivity contribution in [3.05, 3.63) is 59.9 Å². The summed E-state index contributed by atoms with van der Waals surface area (Å²) < 4.78 is 6.63. The van der Waals surface area contributed by atoms with Crippen LogP contribution in [-0.4, -0.2) is 30.6 Å². The van der Waals surface area contributed by atoms with E-state index < -0.39 is 11.3 Å². The first-order chi connectivity index (χ1) is 16.4. The molecule has 180 valence electrons. The molecule has 1 spiro atoms. The second kappa shape index (κ2) is 9.88. The van der Waals surface area contributed by atoms with Crippen molar-refractivity contribution < 1.29 is 14.3 Å². The Balaban J connectivity index is 0.00000158. The zero-order valence-electron chi connectivity index (χ0n) is 20.5. The highest BCUT2D eigenvalue weighted by molar-refractivity contribution is 6.20. The van der Waals surface area contributed by atoms with Gasteiger partial charge in [-0.25, -0.2) is 0 Å². The zero-order valence-corrected chi connectivity index (χ0v) is 20.5. The van der Waals surface area contributed by atoms with Gasteiger partial charge in [-0.3, -0.25) is 14.5 Å². The summed E-state index contributed by atoms with van der Waals surface area (Å²) in [5.41, 5.74) is 14.1. The lowest BCUT2D eigenvalue weighted by atomic mass is 9.81.